The van der Waals surface area contributed by atoms with Gasteiger partial charge in [-0.05, 0) is 12.8 Å². The third-order valence-electron chi connectivity index (χ3n) is 1.21. The SMILES string of the molecule is COC(=O)C(N)CCC(N)=S. The fourth-order valence-electron chi connectivity index (χ4n) is 0.567. The second-order valence-corrected chi connectivity index (χ2v) is 2.66. The molecule has 0 aliphatic rings. The lowest BCUT2D eigenvalue weighted by molar-refractivity contribution is -0.142. The van der Waals surface area contributed by atoms with Crippen LogP contribution in [0.3, 0.4) is 0 Å². The summed E-state index contributed by atoms with van der Waals surface area (Å²) in [5.74, 6) is -0.429. The molecule has 0 aliphatic heterocycles. The first kappa shape index (κ1) is 10.3. The summed E-state index contributed by atoms with van der Waals surface area (Å²) >= 11 is 4.61. The van der Waals surface area contributed by atoms with Gasteiger partial charge in [0.2, 0.25) is 0 Å². The number of ether oxygens (including phenoxy) is 1. The highest BCUT2D eigenvalue weighted by atomic mass is 32.1. The van der Waals surface area contributed by atoms with E-state index < -0.39 is 12.0 Å². The molecule has 64 valence electrons. The van der Waals surface area contributed by atoms with E-state index in [0.29, 0.717) is 17.8 Å². The highest BCUT2D eigenvalue weighted by molar-refractivity contribution is 7.80. The van der Waals surface area contributed by atoms with Crippen LogP contribution in [0.5, 0.6) is 0 Å². The van der Waals surface area contributed by atoms with Crippen molar-refractivity contribution in [1.82, 2.24) is 0 Å². The van der Waals surface area contributed by atoms with E-state index >= 15 is 0 Å². The molecule has 0 aromatic heterocycles. The molecule has 4 N–H and O–H groups in total. The van der Waals surface area contributed by atoms with E-state index in [1.807, 2.05) is 0 Å². The van der Waals surface area contributed by atoms with Crippen LogP contribution in [0.2, 0.25) is 0 Å². The Balaban J connectivity index is 3.60. The molecule has 0 saturated carbocycles. The van der Waals surface area contributed by atoms with Crippen molar-refractivity contribution in [2.45, 2.75) is 18.9 Å². The molecule has 1 unspecified atom stereocenters. The second kappa shape index (κ2) is 5.03. The molecule has 0 saturated heterocycles. The van der Waals surface area contributed by atoms with Crippen molar-refractivity contribution in [2.75, 3.05) is 7.11 Å². The lowest BCUT2D eigenvalue weighted by atomic mass is 10.2. The fraction of sp³-hybridized carbons (Fsp3) is 0.667. The van der Waals surface area contributed by atoms with Crippen molar-refractivity contribution in [3.63, 3.8) is 0 Å². The van der Waals surface area contributed by atoms with E-state index in [2.05, 4.69) is 17.0 Å². The van der Waals surface area contributed by atoms with Crippen molar-refractivity contribution < 1.29 is 9.53 Å². The van der Waals surface area contributed by atoms with Crippen molar-refractivity contribution in [1.29, 1.82) is 0 Å². The standard InChI is InChI=1S/C6H12N2O2S/c1-10-6(9)4(7)2-3-5(8)11/h4H,2-3,7H2,1H3,(H2,8,11). The monoisotopic (exact) mass is 176 g/mol. The minimum atomic E-state index is -0.610. The van der Waals surface area contributed by atoms with E-state index in [1.165, 1.54) is 7.11 Å². The molecule has 1 atom stereocenters. The molecule has 11 heavy (non-hydrogen) atoms. The van der Waals surface area contributed by atoms with Crippen LogP contribution >= 0.6 is 12.2 Å². The normalized spacial score (nSPS) is 12.2. The fourth-order valence-corrected chi connectivity index (χ4v) is 0.685. The molecule has 0 radical (unpaired) electrons. The first-order chi connectivity index (χ1) is 5.07. The predicted octanol–water partition coefficient (Wildman–Crippen LogP) is -0.447. The molecule has 0 aliphatic carbocycles. The van der Waals surface area contributed by atoms with Crippen LogP contribution in [0.4, 0.5) is 0 Å². The minimum absolute atomic E-state index is 0.365. The Labute approximate surface area is 70.9 Å². The maximum absolute atomic E-state index is 10.7. The summed E-state index contributed by atoms with van der Waals surface area (Å²) in [5, 5.41) is 0. The quantitative estimate of drug-likeness (QED) is 0.448. The van der Waals surface area contributed by atoms with Crippen LogP contribution in [-0.2, 0) is 9.53 Å². The maximum atomic E-state index is 10.7. The zero-order chi connectivity index (χ0) is 8.85. The van der Waals surface area contributed by atoms with Crippen LogP contribution in [0.1, 0.15) is 12.8 Å². The van der Waals surface area contributed by atoms with Crippen LogP contribution in [0, 0.1) is 0 Å². The number of esters is 1. The molecule has 0 aromatic rings. The van der Waals surface area contributed by atoms with Crippen molar-refractivity contribution >= 4 is 23.2 Å². The van der Waals surface area contributed by atoms with Gasteiger partial charge in [-0.15, -0.1) is 0 Å². The molecule has 0 fully saturated rings. The number of hydrogen-bond acceptors (Lipinski definition) is 4. The predicted molar refractivity (Wildman–Crippen MR) is 46.0 cm³/mol. The van der Waals surface area contributed by atoms with E-state index in [1.54, 1.807) is 0 Å². The number of nitrogens with two attached hydrogens (primary N) is 2. The third-order valence-corrected chi connectivity index (χ3v) is 1.41. The summed E-state index contributed by atoms with van der Waals surface area (Å²) in [7, 11) is 1.29. The Morgan fingerprint density at radius 2 is 2.27 bits per heavy atom. The van der Waals surface area contributed by atoms with Gasteiger partial charge < -0.3 is 16.2 Å². The third kappa shape index (κ3) is 4.69. The summed E-state index contributed by atoms with van der Waals surface area (Å²) in [6.45, 7) is 0. The first-order valence-corrected chi connectivity index (χ1v) is 3.60. The second-order valence-electron chi connectivity index (χ2n) is 2.13. The molecule has 0 aromatic carbocycles. The molecule has 5 heteroatoms. The molecular weight excluding hydrogens is 164 g/mol. The number of carbonyl (C=O) groups is 1. The van der Waals surface area contributed by atoms with Gasteiger partial charge in [0.05, 0.1) is 12.1 Å². The molecule has 0 amide bonds. The summed E-state index contributed by atoms with van der Waals surface area (Å²) in [6.07, 6.45) is 0.924. The van der Waals surface area contributed by atoms with Crippen LogP contribution in [0.15, 0.2) is 0 Å². The summed E-state index contributed by atoms with van der Waals surface area (Å²) in [4.78, 5) is 11.1. The van der Waals surface area contributed by atoms with Gasteiger partial charge >= 0.3 is 5.97 Å². The Morgan fingerprint density at radius 1 is 1.73 bits per heavy atom. The Kier molecular flexibility index (Phi) is 4.72. The van der Waals surface area contributed by atoms with Crippen LogP contribution < -0.4 is 11.5 Å². The number of hydrogen-bond donors (Lipinski definition) is 2. The lowest BCUT2D eigenvalue weighted by Crippen LogP contribution is -2.32. The Hall–Kier alpha value is -0.680. The topological polar surface area (TPSA) is 78.3 Å². The molecule has 4 nitrogen and oxygen atoms in total. The summed E-state index contributed by atoms with van der Waals surface area (Å²) in [5.41, 5.74) is 10.6. The highest BCUT2D eigenvalue weighted by Gasteiger charge is 2.12. The minimum Gasteiger partial charge on any atom is -0.468 e. The molecule has 0 bridgehead atoms. The number of rotatable bonds is 4. The molecule has 0 rings (SSSR count). The zero-order valence-corrected chi connectivity index (χ0v) is 7.19. The van der Waals surface area contributed by atoms with Gasteiger partial charge in [0.25, 0.3) is 0 Å². The average Bonchev–Trinajstić information content (AvgIpc) is 1.98. The van der Waals surface area contributed by atoms with Gasteiger partial charge in [0.1, 0.15) is 6.04 Å². The average molecular weight is 176 g/mol. The van der Waals surface area contributed by atoms with E-state index in [0.717, 1.165) is 0 Å². The number of thiocarbonyl (C=S) groups is 1. The van der Waals surface area contributed by atoms with Gasteiger partial charge in [-0.2, -0.15) is 0 Å². The summed E-state index contributed by atoms with van der Waals surface area (Å²) < 4.78 is 4.40. The van der Waals surface area contributed by atoms with E-state index in [4.69, 9.17) is 11.5 Å². The Morgan fingerprint density at radius 3 is 2.64 bits per heavy atom. The van der Waals surface area contributed by atoms with Crippen molar-refractivity contribution in [2.24, 2.45) is 11.5 Å². The van der Waals surface area contributed by atoms with Crippen LogP contribution in [-0.4, -0.2) is 24.1 Å². The van der Waals surface area contributed by atoms with Crippen molar-refractivity contribution in [3.8, 4) is 0 Å². The molecule has 0 heterocycles. The van der Waals surface area contributed by atoms with Crippen molar-refractivity contribution in [3.05, 3.63) is 0 Å². The molecule has 0 spiro atoms. The smallest absolute Gasteiger partial charge is 0.322 e. The number of methoxy groups -OCH3 is 1. The molecular formula is C6H12N2O2S. The number of carbonyl (C=O) groups excluding carboxylic acids is 1. The van der Waals surface area contributed by atoms with Gasteiger partial charge in [-0.25, -0.2) is 0 Å². The summed E-state index contributed by atoms with van der Waals surface area (Å²) in [6, 6.07) is -0.610. The largest absolute Gasteiger partial charge is 0.468 e. The van der Waals surface area contributed by atoms with Gasteiger partial charge in [0, 0.05) is 0 Å². The zero-order valence-electron chi connectivity index (χ0n) is 6.37. The van der Waals surface area contributed by atoms with Gasteiger partial charge in [-0.1, -0.05) is 12.2 Å². The van der Waals surface area contributed by atoms with E-state index in [9.17, 15) is 4.79 Å². The maximum Gasteiger partial charge on any atom is 0.322 e. The first-order valence-electron chi connectivity index (χ1n) is 3.19. The highest BCUT2D eigenvalue weighted by Crippen LogP contribution is 1.96. The lowest BCUT2D eigenvalue weighted by Gasteiger charge is -2.07. The van der Waals surface area contributed by atoms with Gasteiger partial charge in [0.15, 0.2) is 0 Å². The Bertz CT molecular complexity index is 161. The van der Waals surface area contributed by atoms with E-state index in [-0.39, 0.29) is 0 Å². The van der Waals surface area contributed by atoms with Gasteiger partial charge in [-0.3, -0.25) is 4.79 Å². The van der Waals surface area contributed by atoms with Crippen LogP contribution in [0.25, 0.3) is 0 Å².